The fourth-order valence-corrected chi connectivity index (χ4v) is 4.07. The Morgan fingerprint density at radius 3 is 2.10 bits per heavy atom. The zero-order chi connectivity index (χ0) is 22.5. The van der Waals surface area contributed by atoms with Crippen LogP contribution in [0.25, 0.3) is 0 Å². The maximum Gasteiger partial charge on any atom is 0.322 e. The zero-order valence-electron chi connectivity index (χ0n) is 17.4. The lowest BCUT2D eigenvalue weighted by Gasteiger charge is -2.23. The van der Waals surface area contributed by atoms with Crippen molar-refractivity contribution in [3.8, 4) is 11.6 Å². The number of pyridine rings is 1. The number of hydrogen-bond acceptors (Lipinski definition) is 6. The second-order valence-electron chi connectivity index (χ2n) is 8.31. The number of amides is 2. The standard InChI is InChI=1S/C21H29N3O7/c25-14(26)11-23-19(29)16-17(27)15(18(28)22-10-9-12-7-8-12)20(30)24(21(16)31)13-5-3-1-2-4-6-13/h12-13,27,30H,1-11H2,(H,22,28)(H,23,29)(H,25,26). The van der Waals surface area contributed by atoms with E-state index in [1.54, 1.807) is 0 Å². The number of carboxylic acids is 1. The molecule has 0 saturated heterocycles. The van der Waals surface area contributed by atoms with E-state index < -0.39 is 58.7 Å². The molecular weight excluding hydrogens is 406 g/mol. The molecule has 5 N–H and O–H groups in total. The van der Waals surface area contributed by atoms with Gasteiger partial charge in [-0.1, -0.05) is 38.5 Å². The molecule has 3 rings (SSSR count). The van der Waals surface area contributed by atoms with Crippen LogP contribution in [0.1, 0.15) is 84.5 Å². The van der Waals surface area contributed by atoms with E-state index in [0.717, 1.165) is 49.5 Å². The van der Waals surface area contributed by atoms with Gasteiger partial charge in [0.05, 0.1) is 0 Å². The van der Waals surface area contributed by atoms with Gasteiger partial charge in [-0.2, -0.15) is 0 Å². The molecule has 1 heterocycles. The van der Waals surface area contributed by atoms with E-state index in [9.17, 15) is 29.4 Å². The number of rotatable bonds is 8. The first kappa shape index (κ1) is 22.6. The molecule has 170 valence electrons. The molecule has 10 heteroatoms. The fraction of sp³-hybridized carbons (Fsp3) is 0.619. The van der Waals surface area contributed by atoms with E-state index in [4.69, 9.17) is 5.11 Å². The topological polar surface area (TPSA) is 158 Å². The van der Waals surface area contributed by atoms with Crippen LogP contribution in [-0.2, 0) is 4.79 Å². The molecule has 2 amide bonds. The van der Waals surface area contributed by atoms with Gasteiger partial charge < -0.3 is 26.0 Å². The second-order valence-corrected chi connectivity index (χ2v) is 8.31. The molecule has 10 nitrogen and oxygen atoms in total. The highest BCUT2D eigenvalue weighted by molar-refractivity contribution is 6.05. The van der Waals surface area contributed by atoms with E-state index in [0.29, 0.717) is 25.3 Å². The van der Waals surface area contributed by atoms with Crippen LogP contribution in [0.4, 0.5) is 0 Å². The van der Waals surface area contributed by atoms with Gasteiger partial charge in [0.1, 0.15) is 17.7 Å². The van der Waals surface area contributed by atoms with Crippen LogP contribution in [-0.4, -0.2) is 50.8 Å². The highest BCUT2D eigenvalue weighted by atomic mass is 16.4. The lowest BCUT2D eigenvalue weighted by Crippen LogP contribution is -2.38. The summed E-state index contributed by atoms with van der Waals surface area (Å²) in [6.45, 7) is -0.420. The Labute approximate surface area is 179 Å². The molecule has 2 fully saturated rings. The Balaban J connectivity index is 2.02. The fourth-order valence-electron chi connectivity index (χ4n) is 4.07. The Bertz CT molecular complexity index is 913. The van der Waals surface area contributed by atoms with Crippen molar-refractivity contribution >= 4 is 17.8 Å². The molecule has 0 radical (unpaired) electrons. The van der Waals surface area contributed by atoms with Gasteiger partial charge in [0.15, 0.2) is 5.75 Å². The quantitative estimate of drug-likeness (QED) is 0.387. The monoisotopic (exact) mass is 435 g/mol. The van der Waals surface area contributed by atoms with E-state index in [1.165, 1.54) is 0 Å². The zero-order valence-corrected chi connectivity index (χ0v) is 17.4. The van der Waals surface area contributed by atoms with Crippen molar-refractivity contribution in [3.63, 3.8) is 0 Å². The summed E-state index contributed by atoms with van der Waals surface area (Å²) in [5, 5.41) is 34.9. The van der Waals surface area contributed by atoms with E-state index in [2.05, 4.69) is 5.32 Å². The van der Waals surface area contributed by atoms with Gasteiger partial charge in [-0.05, 0) is 25.2 Å². The third-order valence-electron chi connectivity index (χ3n) is 5.94. The Kier molecular flexibility index (Phi) is 7.19. The summed E-state index contributed by atoms with van der Waals surface area (Å²) in [5.41, 5.74) is -2.23. The average molecular weight is 435 g/mol. The van der Waals surface area contributed by atoms with Crippen LogP contribution < -0.4 is 16.2 Å². The largest absolute Gasteiger partial charge is 0.506 e. The molecule has 0 bridgehead atoms. The third kappa shape index (κ3) is 5.36. The van der Waals surface area contributed by atoms with Crippen molar-refractivity contribution in [1.82, 2.24) is 15.2 Å². The number of aromatic nitrogens is 1. The summed E-state index contributed by atoms with van der Waals surface area (Å²) in [5.74, 6) is -4.29. The number of hydrogen-bond donors (Lipinski definition) is 5. The predicted molar refractivity (Wildman–Crippen MR) is 110 cm³/mol. The predicted octanol–water partition coefficient (Wildman–Crippen LogP) is 1.50. The number of carbonyl (C=O) groups is 3. The van der Waals surface area contributed by atoms with Crippen LogP contribution in [0, 0.1) is 5.92 Å². The Hall–Kier alpha value is -3.04. The minimum absolute atomic E-state index is 0.339. The molecule has 0 unspecified atom stereocenters. The number of nitrogens with one attached hydrogen (secondary N) is 2. The molecular formula is C21H29N3O7. The summed E-state index contributed by atoms with van der Waals surface area (Å²) in [4.78, 5) is 49.2. The van der Waals surface area contributed by atoms with Crippen molar-refractivity contribution in [1.29, 1.82) is 0 Å². The maximum atomic E-state index is 13.1. The molecule has 0 spiro atoms. The van der Waals surface area contributed by atoms with Crippen LogP contribution in [0.5, 0.6) is 11.6 Å². The van der Waals surface area contributed by atoms with Gasteiger partial charge in [0, 0.05) is 12.6 Å². The first-order valence-electron chi connectivity index (χ1n) is 10.8. The average Bonchev–Trinajstić information content (AvgIpc) is 3.54. The van der Waals surface area contributed by atoms with Crippen LogP contribution in [0.2, 0.25) is 0 Å². The van der Waals surface area contributed by atoms with Gasteiger partial charge in [-0.3, -0.25) is 23.7 Å². The highest BCUT2D eigenvalue weighted by Crippen LogP contribution is 2.35. The summed E-state index contributed by atoms with van der Waals surface area (Å²) in [6.07, 6.45) is 7.73. The first-order valence-corrected chi connectivity index (χ1v) is 10.8. The Morgan fingerprint density at radius 1 is 0.903 bits per heavy atom. The number of carbonyl (C=O) groups excluding carboxylic acids is 2. The third-order valence-corrected chi connectivity index (χ3v) is 5.94. The van der Waals surface area contributed by atoms with Crippen molar-refractivity contribution in [2.24, 2.45) is 5.92 Å². The van der Waals surface area contributed by atoms with E-state index >= 15 is 0 Å². The van der Waals surface area contributed by atoms with Gasteiger partial charge in [-0.25, -0.2) is 0 Å². The van der Waals surface area contributed by atoms with E-state index in [1.807, 2.05) is 5.32 Å². The normalized spacial score (nSPS) is 17.0. The number of aromatic hydroxyl groups is 2. The highest BCUT2D eigenvalue weighted by Gasteiger charge is 2.32. The van der Waals surface area contributed by atoms with Crippen molar-refractivity contribution < 1.29 is 29.7 Å². The number of carboxylic acid groups (broad SMARTS) is 1. The summed E-state index contributed by atoms with van der Waals surface area (Å²) >= 11 is 0. The van der Waals surface area contributed by atoms with Gasteiger partial charge in [0.2, 0.25) is 5.88 Å². The minimum atomic E-state index is -1.33. The molecule has 0 atom stereocenters. The Morgan fingerprint density at radius 2 is 1.52 bits per heavy atom. The van der Waals surface area contributed by atoms with Crippen LogP contribution >= 0.6 is 0 Å². The minimum Gasteiger partial charge on any atom is -0.506 e. The lowest BCUT2D eigenvalue weighted by molar-refractivity contribution is -0.135. The molecule has 2 aliphatic rings. The number of aliphatic carboxylic acids is 1. The molecule has 2 saturated carbocycles. The first-order chi connectivity index (χ1) is 14.8. The molecule has 0 aromatic carbocycles. The lowest BCUT2D eigenvalue weighted by atomic mass is 10.0. The smallest absolute Gasteiger partial charge is 0.322 e. The number of nitrogens with zero attached hydrogens (tertiary/aromatic N) is 1. The van der Waals surface area contributed by atoms with Crippen molar-refractivity contribution in [2.45, 2.75) is 63.8 Å². The summed E-state index contributed by atoms with van der Waals surface area (Å²) in [6, 6.07) is -0.431. The molecule has 2 aliphatic carbocycles. The van der Waals surface area contributed by atoms with Crippen LogP contribution in [0.15, 0.2) is 4.79 Å². The summed E-state index contributed by atoms with van der Waals surface area (Å²) in [7, 11) is 0. The maximum absolute atomic E-state index is 13.1. The molecule has 0 aliphatic heterocycles. The summed E-state index contributed by atoms with van der Waals surface area (Å²) < 4.78 is 1.01. The molecule has 1 aromatic rings. The second kappa shape index (κ2) is 9.84. The molecule has 1 aromatic heterocycles. The van der Waals surface area contributed by atoms with E-state index in [-0.39, 0.29) is 0 Å². The van der Waals surface area contributed by atoms with Gasteiger partial charge in [-0.15, -0.1) is 0 Å². The van der Waals surface area contributed by atoms with Gasteiger partial charge >= 0.3 is 5.97 Å². The van der Waals surface area contributed by atoms with Crippen molar-refractivity contribution in [2.75, 3.05) is 13.1 Å². The SMILES string of the molecule is O=C(O)CNC(=O)c1c(O)c(C(=O)NCCC2CC2)c(O)n(C2CCCCCC2)c1=O. The van der Waals surface area contributed by atoms with Gasteiger partial charge in [0.25, 0.3) is 17.4 Å². The van der Waals surface area contributed by atoms with Crippen LogP contribution in [0.3, 0.4) is 0 Å². The van der Waals surface area contributed by atoms with Crippen molar-refractivity contribution in [3.05, 3.63) is 21.5 Å². The molecule has 31 heavy (non-hydrogen) atoms.